The van der Waals surface area contributed by atoms with Crippen LogP contribution in [-0.2, 0) is 6.54 Å². The Bertz CT molecular complexity index is 740. The van der Waals surface area contributed by atoms with E-state index >= 15 is 0 Å². The third-order valence-corrected chi connectivity index (χ3v) is 3.73. The van der Waals surface area contributed by atoms with Gasteiger partial charge in [0, 0.05) is 5.56 Å². The number of aryl methyl sites for hydroxylation is 1. The van der Waals surface area contributed by atoms with Crippen LogP contribution in [0.1, 0.15) is 36.5 Å². The number of aromatic nitrogens is 4. The number of nitrogens with zero attached hydrogens (tertiary/aromatic N) is 4. The summed E-state index contributed by atoms with van der Waals surface area (Å²) < 4.78 is 0. The molecule has 1 aromatic heterocycles. The molecule has 0 bridgehead atoms. The Labute approximate surface area is 130 Å². The van der Waals surface area contributed by atoms with Crippen molar-refractivity contribution in [2.45, 2.75) is 33.2 Å². The summed E-state index contributed by atoms with van der Waals surface area (Å²) in [4.78, 5) is 1.64. The Kier molecular flexibility index (Phi) is 4.00. The lowest BCUT2D eigenvalue weighted by molar-refractivity contribution is 0.572. The van der Waals surface area contributed by atoms with Crippen LogP contribution in [-0.4, -0.2) is 20.2 Å². The number of hydrogen-bond acceptors (Lipinski definition) is 3. The maximum absolute atomic E-state index is 4.46. The van der Waals surface area contributed by atoms with Crippen LogP contribution in [0.4, 0.5) is 0 Å². The predicted molar refractivity (Wildman–Crippen MR) is 87.6 cm³/mol. The van der Waals surface area contributed by atoms with E-state index in [4.69, 9.17) is 0 Å². The third kappa shape index (κ3) is 3.22. The van der Waals surface area contributed by atoms with E-state index in [2.05, 4.69) is 72.6 Å². The first-order chi connectivity index (χ1) is 10.6. The van der Waals surface area contributed by atoms with Crippen molar-refractivity contribution in [1.29, 1.82) is 0 Å². The van der Waals surface area contributed by atoms with Gasteiger partial charge < -0.3 is 0 Å². The topological polar surface area (TPSA) is 43.6 Å². The first-order valence-corrected chi connectivity index (χ1v) is 7.55. The van der Waals surface area contributed by atoms with Gasteiger partial charge >= 0.3 is 0 Å². The molecule has 4 heteroatoms. The molecule has 0 atom stereocenters. The van der Waals surface area contributed by atoms with Crippen molar-refractivity contribution < 1.29 is 0 Å². The Morgan fingerprint density at radius 3 is 2.27 bits per heavy atom. The molecule has 0 amide bonds. The number of benzene rings is 2. The van der Waals surface area contributed by atoms with Gasteiger partial charge in [0.15, 0.2) is 0 Å². The number of hydrogen-bond donors (Lipinski definition) is 0. The van der Waals surface area contributed by atoms with Crippen LogP contribution < -0.4 is 0 Å². The lowest BCUT2D eigenvalue weighted by Gasteiger charge is -2.06. The van der Waals surface area contributed by atoms with E-state index in [1.807, 2.05) is 12.1 Å². The van der Waals surface area contributed by atoms with Gasteiger partial charge in [0.25, 0.3) is 0 Å². The summed E-state index contributed by atoms with van der Waals surface area (Å²) in [6, 6.07) is 16.7. The molecule has 0 fully saturated rings. The van der Waals surface area contributed by atoms with E-state index in [9.17, 15) is 0 Å². The van der Waals surface area contributed by atoms with E-state index in [1.54, 1.807) is 4.80 Å². The van der Waals surface area contributed by atoms with Crippen molar-refractivity contribution in [3.05, 3.63) is 65.2 Å². The highest BCUT2D eigenvalue weighted by molar-refractivity contribution is 5.54. The minimum Gasteiger partial charge on any atom is -0.159 e. The van der Waals surface area contributed by atoms with Crippen LogP contribution in [0.5, 0.6) is 0 Å². The van der Waals surface area contributed by atoms with Gasteiger partial charge in [0.05, 0.1) is 6.54 Å². The monoisotopic (exact) mass is 292 g/mol. The van der Waals surface area contributed by atoms with Crippen molar-refractivity contribution in [1.82, 2.24) is 20.2 Å². The van der Waals surface area contributed by atoms with E-state index in [0.717, 1.165) is 5.56 Å². The molecule has 0 unspecified atom stereocenters. The fourth-order valence-electron chi connectivity index (χ4n) is 2.30. The van der Waals surface area contributed by atoms with Crippen molar-refractivity contribution >= 4 is 0 Å². The lowest BCUT2D eigenvalue weighted by Crippen LogP contribution is -2.04. The zero-order chi connectivity index (χ0) is 15.5. The highest BCUT2D eigenvalue weighted by Gasteiger charge is 2.06. The maximum Gasteiger partial charge on any atom is 0.204 e. The van der Waals surface area contributed by atoms with Gasteiger partial charge in [0.1, 0.15) is 0 Å². The molecular formula is C18H20N4. The summed E-state index contributed by atoms with van der Waals surface area (Å²) >= 11 is 0. The summed E-state index contributed by atoms with van der Waals surface area (Å²) in [5.41, 5.74) is 4.74. The largest absolute Gasteiger partial charge is 0.204 e. The van der Waals surface area contributed by atoms with E-state index in [1.165, 1.54) is 16.7 Å². The van der Waals surface area contributed by atoms with E-state index < -0.39 is 0 Å². The molecule has 3 rings (SSSR count). The Morgan fingerprint density at radius 1 is 0.955 bits per heavy atom. The standard InChI is InChI=1S/C18H20N4/c1-13(2)16-10-6-15(7-11-16)12-22-20-18(19-21-22)17-8-4-14(3)5-9-17/h4-11,13H,12H2,1-3H3. The van der Waals surface area contributed by atoms with Gasteiger partial charge in [0.2, 0.25) is 5.82 Å². The summed E-state index contributed by atoms with van der Waals surface area (Å²) in [5.74, 6) is 1.21. The lowest BCUT2D eigenvalue weighted by atomic mass is 10.0. The molecule has 2 aromatic carbocycles. The summed E-state index contributed by atoms with van der Waals surface area (Å²) in [6.45, 7) is 7.09. The summed E-state index contributed by atoms with van der Waals surface area (Å²) in [6.07, 6.45) is 0. The Hall–Kier alpha value is -2.49. The van der Waals surface area contributed by atoms with Gasteiger partial charge in [-0.2, -0.15) is 4.80 Å². The minimum absolute atomic E-state index is 0.548. The fourth-order valence-corrected chi connectivity index (χ4v) is 2.30. The van der Waals surface area contributed by atoms with Crippen molar-refractivity contribution in [2.24, 2.45) is 0 Å². The molecule has 1 heterocycles. The fraction of sp³-hybridized carbons (Fsp3) is 0.278. The SMILES string of the molecule is Cc1ccc(-c2nnn(Cc3ccc(C(C)C)cc3)n2)cc1. The summed E-state index contributed by atoms with van der Waals surface area (Å²) in [7, 11) is 0. The molecule has 0 aliphatic carbocycles. The Balaban J connectivity index is 1.75. The zero-order valence-electron chi connectivity index (χ0n) is 13.2. The highest BCUT2D eigenvalue weighted by atomic mass is 15.6. The first-order valence-electron chi connectivity index (χ1n) is 7.55. The quantitative estimate of drug-likeness (QED) is 0.734. The molecule has 0 saturated carbocycles. The van der Waals surface area contributed by atoms with Gasteiger partial charge in [-0.25, -0.2) is 0 Å². The van der Waals surface area contributed by atoms with E-state index in [0.29, 0.717) is 18.3 Å². The molecule has 22 heavy (non-hydrogen) atoms. The maximum atomic E-state index is 4.46. The second-order valence-corrected chi connectivity index (χ2v) is 5.91. The average molecular weight is 292 g/mol. The van der Waals surface area contributed by atoms with Crippen LogP contribution in [0.3, 0.4) is 0 Å². The summed E-state index contributed by atoms with van der Waals surface area (Å²) in [5, 5.41) is 12.7. The molecule has 112 valence electrons. The second-order valence-electron chi connectivity index (χ2n) is 5.91. The van der Waals surface area contributed by atoms with Crippen LogP contribution in [0, 0.1) is 6.92 Å². The second kappa shape index (κ2) is 6.10. The van der Waals surface area contributed by atoms with Crippen LogP contribution >= 0.6 is 0 Å². The van der Waals surface area contributed by atoms with Crippen molar-refractivity contribution in [2.75, 3.05) is 0 Å². The van der Waals surface area contributed by atoms with Gasteiger partial charge in [-0.15, -0.1) is 10.2 Å². The zero-order valence-corrected chi connectivity index (χ0v) is 13.2. The normalized spacial score (nSPS) is 11.1. The van der Waals surface area contributed by atoms with Gasteiger partial charge in [-0.05, 0) is 29.2 Å². The molecule has 0 aliphatic heterocycles. The average Bonchev–Trinajstić information content (AvgIpc) is 2.97. The smallest absolute Gasteiger partial charge is 0.159 e. The molecule has 0 radical (unpaired) electrons. The molecule has 0 saturated heterocycles. The first kappa shape index (κ1) is 14.4. The molecule has 0 N–H and O–H groups in total. The Morgan fingerprint density at radius 2 is 1.64 bits per heavy atom. The number of rotatable bonds is 4. The van der Waals surface area contributed by atoms with Crippen LogP contribution in [0.2, 0.25) is 0 Å². The molecule has 0 aliphatic rings. The van der Waals surface area contributed by atoms with Crippen molar-refractivity contribution in [3.8, 4) is 11.4 Å². The van der Waals surface area contributed by atoms with Crippen molar-refractivity contribution in [3.63, 3.8) is 0 Å². The molecule has 0 spiro atoms. The van der Waals surface area contributed by atoms with Gasteiger partial charge in [-0.1, -0.05) is 67.9 Å². The third-order valence-electron chi connectivity index (χ3n) is 3.73. The van der Waals surface area contributed by atoms with Crippen LogP contribution in [0.25, 0.3) is 11.4 Å². The molecule has 3 aromatic rings. The number of tetrazole rings is 1. The highest BCUT2D eigenvalue weighted by Crippen LogP contribution is 2.16. The molecule has 4 nitrogen and oxygen atoms in total. The molecular weight excluding hydrogens is 272 g/mol. The predicted octanol–water partition coefficient (Wildman–Crippen LogP) is 3.82. The minimum atomic E-state index is 0.548. The van der Waals surface area contributed by atoms with Crippen LogP contribution in [0.15, 0.2) is 48.5 Å². The van der Waals surface area contributed by atoms with Gasteiger partial charge in [-0.3, -0.25) is 0 Å². The van der Waals surface area contributed by atoms with E-state index in [-0.39, 0.29) is 0 Å².